The molecule has 0 spiro atoms. The molecule has 0 radical (unpaired) electrons. The molecule has 0 aliphatic heterocycles. The van der Waals surface area contributed by atoms with Gasteiger partial charge in [0, 0.05) is 12.2 Å². The van der Waals surface area contributed by atoms with Gasteiger partial charge in [-0.2, -0.15) is 5.10 Å². The molecule has 1 aromatic heterocycles. The fourth-order valence-electron chi connectivity index (χ4n) is 2.06. The monoisotopic (exact) mass is 395 g/mol. The van der Waals surface area contributed by atoms with Crippen molar-refractivity contribution in [3.8, 4) is 0 Å². The molecule has 1 saturated carbocycles. The summed E-state index contributed by atoms with van der Waals surface area (Å²) in [5.74, 6) is 0. The maximum absolute atomic E-state index is 5.21. The minimum atomic E-state index is 0.510. The van der Waals surface area contributed by atoms with Crippen LogP contribution in [0.3, 0.4) is 0 Å². The topological polar surface area (TPSA) is 49.3 Å². The van der Waals surface area contributed by atoms with E-state index in [1.165, 1.54) is 25.7 Å². The number of thiocarbonyl (C=S) groups is 1. The first-order chi connectivity index (χ1) is 10.2. The Kier molecular flexibility index (Phi) is 9.96. The summed E-state index contributed by atoms with van der Waals surface area (Å²) >= 11 is 5.97. The number of hydrogen-bond acceptors (Lipinski definition) is 3. The Balaban J connectivity index is 0.000000677. The summed E-state index contributed by atoms with van der Waals surface area (Å²) in [6.07, 6.45) is 6.73. The van der Waals surface area contributed by atoms with Gasteiger partial charge in [0.15, 0.2) is 5.11 Å². The summed E-state index contributed by atoms with van der Waals surface area (Å²) in [4.78, 5) is 4.23. The number of pyridine rings is 1. The molecule has 1 heterocycles. The molecule has 0 aromatic carbocycles. The molecule has 0 atom stereocenters. The van der Waals surface area contributed by atoms with Crippen molar-refractivity contribution < 1.29 is 13.1 Å². The Hall–Kier alpha value is -0.391. The third kappa shape index (κ3) is 7.98. The molecule has 1 fully saturated rings. The maximum atomic E-state index is 5.21. The van der Waals surface area contributed by atoms with Crippen molar-refractivity contribution in [3.05, 3.63) is 30.1 Å². The van der Waals surface area contributed by atoms with E-state index in [2.05, 4.69) is 41.0 Å². The van der Waals surface area contributed by atoms with Crippen LogP contribution in [0, 0.1) is 0 Å². The van der Waals surface area contributed by atoms with Crippen LogP contribution in [0.1, 0.15) is 38.3 Å². The SMILES string of the molecule is C/C(=N\NC(=S)NC1CCCC1)c1ccccn1.[Cl][Cu][Cl]. The molecular formula is C13H18Cl2CuN4S. The molecule has 0 bridgehead atoms. The molecule has 8 heteroatoms. The Bertz CT molecular complexity index is 453. The second-order valence-electron chi connectivity index (χ2n) is 4.52. The number of nitrogens with one attached hydrogen (secondary N) is 2. The molecule has 0 unspecified atom stereocenters. The zero-order valence-electron chi connectivity index (χ0n) is 11.6. The van der Waals surface area contributed by atoms with Gasteiger partial charge in [0.25, 0.3) is 0 Å². The summed E-state index contributed by atoms with van der Waals surface area (Å²) in [6, 6.07) is 6.26. The van der Waals surface area contributed by atoms with Crippen LogP contribution in [0.4, 0.5) is 0 Å². The zero-order valence-corrected chi connectivity index (χ0v) is 14.8. The Morgan fingerprint density at radius 1 is 1.38 bits per heavy atom. The average molecular weight is 397 g/mol. The van der Waals surface area contributed by atoms with E-state index in [0.29, 0.717) is 11.2 Å². The number of rotatable bonds is 3. The standard InChI is InChI=1S/C13H18N4S.2ClH.Cu/c1-10(12-8-4-5-9-14-12)16-17-13(18)15-11-6-2-3-7-11;;;/h4-5,8-9,11H,2-3,6-7H2,1H3,(H2,15,17,18);2*1H;/q;;;+2/p-2/b16-10+;;;. The fourth-order valence-corrected chi connectivity index (χ4v) is 2.27. The first-order valence-electron chi connectivity index (χ1n) is 6.50. The van der Waals surface area contributed by atoms with Gasteiger partial charge in [0.05, 0.1) is 11.4 Å². The van der Waals surface area contributed by atoms with Crippen molar-refractivity contribution in [2.24, 2.45) is 5.10 Å². The molecule has 1 aliphatic rings. The van der Waals surface area contributed by atoms with Crippen LogP contribution in [0.2, 0.25) is 0 Å². The second-order valence-corrected chi connectivity index (χ2v) is 6.49. The number of halogens is 2. The van der Waals surface area contributed by atoms with E-state index < -0.39 is 0 Å². The molecular weight excluding hydrogens is 379 g/mol. The van der Waals surface area contributed by atoms with Gasteiger partial charge in [-0.05, 0) is 44.1 Å². The molecule has 21 heavy (non-hydrogen) atoms. The van der Waals surface area contributed by atoms with Gasteiger partial charge in [0.1, 0.15) is 0 Å². The van der Waals surface area contributed by atoms with Crippen molar-refractivity contribution in [1.29, 1.82) is 0 Å². The van der Waals surface area contributed by atoms with E-state index in [-0.39, 0.29) is 0 Å². The van der Waals surface area contributed by atoms with Crippen molar-refractivity contribution in [2.75, 3.05) is 0 Å². The summed E-state index contributed by atoms with van der Waals surface area (Å²) in [5, 5.41) is 8.11. The van der Waals surface area contributed by atoms with E-state index in [1.54, 1.807) is 6.20 Å². The van der Waals surface area contributed by atoms with Crippen LogP contribution in [-0.4, -0.2) is 21.8 Å². The minimum absolute atomic E-state index is 0.510. The van der Waals surface area contributed by atoms with Crippen molar-refractivity contribution in [3.63, 3.8) is 0 Å². The van der Waals surface area contributed by atoms with E-state index >= 15 is 0 Å². The van der Waals surface area contributed by atoms with Gasteiger partial charge in [-0.15, -0.1) is 0 Å². The zero-order chi connectivity index (χ0) is 15.5. The molecule has 121 valence electrons. The summed E-state index contributed by atoms with van der Waals surface area (Å²) < 4.78 is 0. The normalized spacial score (nSPS) is 15.3. The second kappa shape index (κ2) is 11.2. The molecule has 2 N–H and O–H groups in total. The first kappa shape index (κ1) is 18.7. The summed E-state index contributed by atoms with van der Waals surface area (Å²) in [6.45, 7) is 1.91. The van der Waals surface area contributed by atoms with Crippen LogP contribution in [0.5, 0.6) is 0 Å². The van der Waals surface area contributed by atoms with Crippen molar-refractivity contribution in [1.82, 2.24) is 15.7 Å². The van der Waals surface area contributed by atoms with E-state index in [0.717, 1.165) is 24.5 Å². The first-order valence-corrected chi connectivity index (χ1v) is 9.50. The van der Waals surface area contributed by atoms with Crippen LogP contribution < -0.4 is 10.7 Å². The number of hydrogen-bond donors (Lipinski definition) is 2. The quantitative estimate of drug-likeness (QED) is 0.355. The number of hydrazone groups is 1. The molecule has 2 rings (SSSR count). The van der Waals surface area contributed by atoms with E-state index in [9.17, 15) is 0 Å². The molecule has 1 aromatic rings. The van der Waals surface area contributed by atoms with Crippen LogP contribution in [-0.2, 0) is 13.1 Å². The molecule has 4 nitrogen and oxygen atoms in total. The number of nitrogens with zero attached hydrogens (tertiary/aromatic N) is 2. The van der Waals surface area contributed by atoms with Crippen molar-refractivity contribution >= 4 is 43.2 Å². The van der Waals surface area contributed by atoms with E-state index in [1.807, 2.05) is 25.1 Å². The van der Waals surface area contributed by atoms with Crippen molar-refractivity contribution in [2.45, 2.75) is 38.6 Å². The van der Waals surface area contributed by atoms with Gasteiger partial charge < -0.3 is 5.32 Å². The molecule has 1 aliphatic carbocycles. The van der Waals surface area contributed by atoms with Gasteiger partial charge >= 0.3 is 33.3 Å². The van der Waals surface area contributed by atoms with Gasteiger partial charge in [-0.3, -0.25) is 10.4 Å². The molecule has 0 saturated heterocycles. The number of aromatic nitrogens is 1. The Morgan fingerprint density at radius 2 is 2.05 bits per heavy atom. The fraction of sp³-hybridized carbons (Fsp3) is 0.462. The van der Waals surface area contributed by atoms with Gasteiger partial charge in [-0.25, -0.2) is 0 Å². The van der Waals surface area contributed by atoms with Gasteiger partial charge in [-0.1, -0.05) is 18.9 Å². The predicted octanol–water partition coefficient (Wildman–Crippen LogP) is 3.59. The van der Waals surface area contributed by atoms with Crippen LogP contribution >= 0.6 is 32.4 Å². The summed E-state index contributed by atoms with van der Waals surface area (Å²) in [5.41, 5.74) is 4.56. The Morgan fingerprint density at radius 3 is 2.62 bits per heavy atom. The summed E-state index contributed by atoms with van der Waals surface area (Å²) in [7, 11) is 9.34. The predicted molar refractivity (Wildman–Crippen MR) is 89.3 cm³/mol. The van der Waals surface area contributed by atoms with Crippen LogP contribution in [0.25, 0.3) is 0 Å². The van der Waals surface area contributed by atoms with E-state index in [4.69, 9.17) is 12.2 Å². The third-order valence-corrected chi connectivity index (χ3v) is 3.26. The van der Waals surface area contributed by atoms with Gasteiger partial charge in [0.2, 0.25) is 0 Å². The average Bonchev–Trinajstić information content (AvgIpc) is 2.99. The van der Waals surface area contributed by atoms with Crippen LogP contribution in [0.15, 0.2) is 29.5 Å². The Labute approximate surface area is 145 Å². The molecule has 0 amide bonds. The third-order valence-electron chi connectivity index (χ3n) is 3.05.